The topological polar surface area (TPSA) is 57.8 Å². The van der Waals surface area contributed by atoms with Gasteiger partial charge in [-0.2, -0.15) is 5.26 Å². The molecule has 0 bridgehead atoms. The third-order valence-corrected chi connectivity index (χ3v) is 5.08. The van der Waals surface area contributed by atoms with Crippen LogP contribution in [0.5, 0.6) is 0 Å². The highest BCUT2D eigenvalue weighted by Gasteiger charge is 2.12. The number of nitrogens with one attached hydrogen (secondary N) is 1. The van der Waals surface area contributed by atoms with Crippen molar-refractivity contribution in [3.8, 4) is 11.8 Å². The van der Waals surface area contributed by atoms with E-state index in [9.17, 15) is 10.1 Å². The van der Waals surface area contributed by atoms with E-state index in [-0.39, 0.29) is 5.57 Å². The molecule has 4 rings (SSSR count). The fourth-order valence-electron chi connectivity index (χ4n) is 3.51. The molecular formula is C26H21N3O. The van der Waals surface area contributed by atoms with Crippen LogP contribution in [0.2, 0.25) is 0 Å². The molecule has 146 valence electrons. The molecule has 0 aliphatic heterocycles. The zero-order valence-corrected chi connectivity index (χ0v) is 16.9. The van der Waals surface area contributed by atoms with Crippen molar-refractivity contribution >= 4 is 28.4 Å². The summed E-state index contributed by atoms with van der Waals surface area (Å²) in [5.74, 6) is -0.421. The standard InChI is InChI=1S/C26H21N3O/c1-18-9-12-25(19(2)14-18)28-26(30)22(17-27)16-23-8-5-13-29(23)24-11-10-20-6-3-4-7-21(20)15-24/h3-16H,1-2H3,(H,28,30)/b22-16-. The summed E-state index contributed by atoms with van der Waals surface area (Å²) in [6, 6.07) is 26.0. The summed E-state index contributed by atoms with van der Waals surface area (Å²) in [4.78, 5) is 12.7. The predicted octanol–water partition coefficient (Wildman–Crippen LogP) is 5.79. The van der Waals surface area contributed by atoms with Gasteiger partial charge in [0.05, 0.1) is 0 Å². The number of nitriles is 1. The van der Waals surface area contributed by atoms with Gasteiger partial charge in [0.25, 0.3) is 5.91 Å². The second-order valence-corrected chi connectivity index (χ2v) is 7.28. The Hall–Kier alpha value is -4.10. The number of carbonyl (C=O) groups is 1. The SMILES string of the molecule is Cc1ccc(NC(=O)/C(C#N)=C\c2cccn2-c2ccc3ccccc3c2)c(C)c1. The van der Waals surface area contributed by atoms with Gasteiger partial charge < -0.3 is 9.88 Å². The first kappa shape index (κ1) is 19.2. The van der Waals surface area contributed by atoms with E-state index in [4.69, 9.17) is 0 Å². The Morgan fingerprint density at radius 2 is 1.77 bits per heavy atom. The molecule has 4 nitrogen and oxygen atoms in total. The molecule has 3 aromatic carbocycles. The second kappa shape index (κ2) is 8.10. The van der Waals surface area contributed by atoms with E-state index < -0.39 is 5.91 Å². The lowest BCUT2D eigenvalue weighted by atomic mass is 10.1. The molecule has 30 heavy (non-hydrogen) atoms. The Kier molecular flexibility index (Phi) is 5.19. The van der Waals surface area contributed by atoms with Crippen LogP contribution in [0.3, 0.4) is 0 Å². The van der Waals surface area contributed by atoms with Gasteiger partial charge in [-0.1, -0.05) is 48.0 Å². The van der Waals surface area contributed by atoms with Crippen molar-refractivity contribution in [2.45, 2.75) is 13.8 Å². The Labute approximate surface area is 175 Å². The number of hydrogen-bond donors (Lipinski definition) is 1. The number of fused-ring (bicyclic) bond motifs is 1. The smallest absolute Gasteiger partial charge is 0.266 e. The summed E-state index contributed by atoms with van der Waals surface area (Å²) >= 11 is 0. The zero-order chi connectivity index (χ0) is 21.1. The van der Waals surface area contributed by atoms with Crippen molar-refractivity contribution in [3.63, 3.8) is 0 Å². The average Bonchev–Trinajstić information content (AvgIpc) is 3.21. The van der Waals surface area contributed by atoms with E-state index >= 15 is 0 Å². The molecule has 0 saturated heterocycles. The lowest BCUT2D eigenvalue weighted by Crippen LogP contribution is -2.14. The lowest BCUT2D eigenvalue weighted by molar-refractivity contribution is -0.112. The fourth-order valence-corrected chi connectivity index (χ4v) is 3.51. The molecule has 0 atom stereocenters. The quantitative estimate of drug-likeness (QED) is 0.353. The van der Waals surface area contributed by atoms with Gasteiger partial charge in [0.15, 0.2) is 0 Å². The van der Waals surface area contributed by atoms with Crippen molar-refractivity contribution < 1.29 is 4.79 Å². The summed E-state index contributed by atoms with van der Waals surface area (Å²) in [5, 5.41) is 14.7. The van der Waals surface area contributed by atoms with Gasteiger partial charge in [0.1, 0.15) is 11.6 Å². The molecule has 1 heterocycles. The minimum absolute atomic E-state index is 0.0516. The summed E-state index contributed by atoms with van der Waals surface area (Å²) in [6.45, 7) is 3.93. The van der Waals surface area contributed by atoms with Crippen LogP contribution in [-0.4, -0.2) is 10.5 Å². The van der Waals surface area contributed by atoms with E-state index in [1.165, 1.54) is 0 Å². The molecule has 1 aromatic heterocycles. The van der Waals surface area contributed by atoms with Gasteiger partial charge in [0.2, 0.25) is 0 Å². The molecule has 4 heteroatoms. The Morgan fingerprint density at radius 3 is 2.53 bits per heavy atom. The number of aromatic nitrogens is 1. The van der Waals surface area contributed by atoms with Crippen LogP contribution in [-0.2, 0) is 4.79 Å². The number of anilines is 1. The van der Waals surface area contributed by atoms with Crippen LogP contribution in [0.1, 0.15) is 16.8 Å². The minimum Gasteiger partial charge on any atom is -0.321 e. The maximum absolute atomic E-state index is 12.7. The maximum Gasteiger partial charge on any atom is 0.266 e. The number of nitrogens with zero attached hydrogens (tertiary/aromatic N) is 2. The second-order valence-electron chi connectivity index (χ2n) is 7.28. The van der Waals surface area contributed by atoms with Gasteiger partial charge in [-0.25, -0.2) is 0 Å². The van der Waals surface area contributed by atoms with E-state index in [0.717, 1.165) is 33.3 Å². The van der Waals surface area contributed by atoms with Crippen molar-refractivity contribution in [1.82, 2.24) is 4.57 Å². The third kappa shape index (κ3) is 3.87. The van der Waals surface area contributed by atoms with Crippen molar-refractivity contribution in [2.75, 3.05) is 5.32 Å². The molecular weight excluding hydrogens is 370 g/mol. The highest BCUT2D eigenvalue weighted by atomic mass is 16.1. The molecule has 0 fully saturated rings. The fraction of sp³-hybridized carbons (Fsp3) is 0.0769. The minimum atomic E-state index is -0.421. The zero-order valence-electron chi connectivity index (χ0n) is 16.9. The van der Waals surface area contributed by atoms with Gasteiger partial charge in [-0.05, 0) is 66.6 Å². The number of carbonyl (C=O) groups excluding carboxylic acids is 1. The Balaban J connectivity index is 1.65. The molecule has 4 aromatic rings. The molecule has 0 saturated carbocycles. The van der Waals surface area contributed by atoms with Crippen LogP contribution < -0.4 is 5.32 Å². The molecule has 1 N–H and O–H groups in total. The number of aryl methyl sites for hydroxylation is 2. The highest BCUT2D eigenvalue weighted by Crippen LogP contribution is 2.22. The molecule has 1 amide bonds. The largest absolute Gasteiger partial charge is 0.321 e. The van der Waals surface area contributed by atoms with Crippen LogP contribution in [0.25, 0.3) is 22.5 Å². The Morgan fingerprint density at radius 1 is 0.967 bits per heavy atom. The third-order valence-electron chi connectivity index (χ3n) is 5.08. The van der Waals surface area contributed by atoms with Gasteiger partial charge in [0, 0.05) is 23.3 Å². The first-order chi connectivity index (χ1) is 14.5. The van der Waals surface area contributed by atoms with E-state index in [2.05, 4.69) is 29.6 Å². The monoisotopic (exact) mass is 391 g/mol. The van der Waals surface area contributed by atoms with Gasteiger partial charge >= 0.3 is 0 Å². The Bertz CT molecular complexity index is 1320. The predicted molar refractivity (Wildman–Crippen MR) is 121 cm³/mol. The van der Waals surface area contributed by atoms with E-state index in [1.54, 1.807) is 6.08 Å². The molecule has 0 spiro atoms. The normalized spacial score (nSPS) is 11.3. The van der Waals surface area contributed by atoms with E-state index in [1.807, 2.05) is 79.2 Å². The van der Waals surface area contributed by atoms with E-state index in [0.29, 0.717) is 5.69 Å². The van der Waals surface area contributed by atoms with Crippen molar-refractivity contribution in [1.29, 1.82) is 5.26 Å². The van der Waals surface area contributed by atoms with Crippen LogP contribution >= 0.6 is 0 Å². The van der Waals surface area contributed by atoms with Crippen molar-refractivity contribution in [2.24, 2.45) is 0 Å². The summed E-state index contributed by atoms with van der Waals surface area (Å²) in [7, 11) is 0. The lowest BCUT2D eigenvalue weighted by Gasteiger charge is -2.10. The number of benzene rings is 3. The maximum atomic E-state index is 12.7. The summed E-state index contributed by atoms with van der Waals surface area (Å²) < 4.78 is 1.97. The first-order valence-corrected chi connectivity index (χ1v) is 9.72. The van der Waals surface area contributed by atoms with Crippen LogP contribution in [0.15, 0.2) is 84.6 Å². The molecule has 0 aliphatic carbocycles. The molecule has 0 radical (unpaired) electrons. The van der Waals surface area contributed by atoms with Crippen LogP contribution in [0, 0.1) is 25.2 Å². The summed E-state index contributed by atoms with van der Waals surface area (Å²) in [6.07, 6.45) is 3.54. The molecule has 0 unspecified atom stereocenters. The average molecular weight is 391 g/mol. The highest BCUT2D eigenvalue weighted by molar-refractivity contribution is 6.09. The van der Waals surface area contributed by atoms with Crippen LogP contribution in [0.4, 0.5) is 5.69 Å². The number of amides is 1. The van der Waals surface area contributed by atoms with Gasteiger partial charge in [-0.3, -0.25) is 4.79 Å². The number of rotatable bonds is 4. The number of hydrogen-bond acceptors (Lipinski definition) is 2. The van der Waals surface area contributed by atoms with Crippen molar-refractivity contribution in [3.05, 3.63) is 101 Å². The van der Waals surface area contributed by atoms with Gasteiger partial charge in [-0.15, -0.1) is 0 Å². The molecule has 0 aliphatic rings. The first-order valence-electron chi connectivity index (χ1n) is 9.72. The summed E-state index contributed by atoms with van der Waals surface area (Å²) in [5.41, 5.74) is 4.57.